The van der Waals surface area contributed by atoms with Gasteiger partial charge in [0.05, 0.1) is 9.79 Å². The zero-order valence-corrected chi connectivity index (χ0v) is 13.5. The van der Waals surface area contributed by atoms with E-state index in [9.17, 15) is 13.5 Å². The molecule has 0 saturated carbocycles. The van der Waals surface area contributed by atoms with Gasteiger partial charge in [0.2, 0.25) is 9.84 Å². The first kappa shape index (κ1) is 15.6. The van der Waals surface area contributed by atoms with Crippen LogP contribution in [0, 0.1) is 0 Å². The van der Waals surface area contributed by atoms with Gasteiger partial charge < -0.3 is 0 Å². The second-order valence-electron chi connectivity index (χ2n) is 4.98. The van der Waals surface area contributed by atoms with E-state index < -0.39 is 9.84 Å². The number of benzene rings is 3. The van der Waals surface area contributed by atoms with Crippen LogP contribution >= 0.6 is 11.6 Å². The number of sulfone groups is 1. The molecule has 0 atom stereocenters. The normalized spacial score (nSPS) is 11.3. The van der Waals surface area contributed by atoms with Crippen molar-refractivity contribution < 1.29 is 13.5 Å². The Bertz CT molecular complexity index is 934. The van der Waals surface area contributed by atoms with E-state index in [2.05, 4.69) is 0 Å². The van der Waals surface area contributed by atoms with Gasteiger partial charge in [-0.3, -0.25) is 5.11 Å². The third-order valence-electron chi connectivity index (χ3n) is 3.47. The molecular formula is C18H12ClO3S. The second-order valence-corrected chi connectivity index (χ2v) is 7.37. The van der Waals surface area contributed by atoms with Gasteiger partial charge in [-0.1, -0.05) is 41.9 Å². The van der Waals surface area contributed by atoms with E-state index in [0.717, 1.165) is 0 Å². The van der Waals surface area contributed by atoms with Crippen molar-refractivity contribution >= 4 is 21.4 Å². The SMILES string of the molecule is [O]c1ccc(Cl)cc1-c1ccc(S(=O)(=O)c2ccccc2)cc1. The minimum atomic E-state index is -3.56. The molecule has 0 aliphatic heterocycles. The molecule has 0 amide bonds. The quantitative estimate of drug-likeness (QED) is 0.673. The van der Waals surface area contributed by atoms with Crippen molar-refractivity contribution in [3.8, 4) is 16.9 Å². The number of hydrogen-bond donors (Lipinski definition) is 0. The number of rotatable bonds is 3. The van der Waals surface area contributed by atoms with Crippen LogP contribution in [0.1, 0.15) is 0 Å². The lowest BCUT2D eigenvalue weighted by atomic mass is 10.1. The highest BCUT2D eigenvalue weighted by atomic mass is 35.5. The molecule has 1 radical (unpaired) electrons. The summed E-state index contributed by atoms with van der Waals surface area (Å²) in [4.78, 5) is 0.418. The van der Waals surface area contributed by atoms with Crippen LogP contribution in [0.25, 0.3) is 11.1 Å². The van der Waals surface area contributed by atoms with E-state index in [4.69, 9.17) is 11.6 Å². The lowest BCUT2D eigenvalue weighted by Crippen LogP contribution is -2.01. The maximum atomic E-state index is 12.5. The fraction of sp³-hybridized carbons (Fsp3) is 0. The van der Waals surface area contributed by atoms with E-state index in [1.807, 2.05) is 0 Å². The molecule has 23 heavy (non-hydrogen) atoms. The highest BCUT2D eigenvalue weighted by molar-refractivity contribution is 7.91. The van der Waals surface area contributed by atoms with Gasteiger partial charge in [0.25, 0.3) is 0 Å². The first-order chi connectivity index (χ1) is 11.0. The molecule has 0 bridgehead atoms. The van der Waals surface area contributed by atoms with Crippen LogP contribution < -0.4 is 0 Å². The topological polar surface area (TPSA) is 54.0 Å². The maximum Gasteiger partial charge on any atom is 0.206 e. The highest BCUT2D eigenvalue weighted by Gasteiger charge is 2.17. The van der Waals surface area contributed by atoms with Gasteiger partial charge in [-0.05, 0) is 48.0 Å². The molecule has 0 fully saturated rings. The van der Waals surface area contributed by atoms with E-state index in [-0.39, 0.29) is 15.5 Å². The van der Waals surface area contributed by atoms with Crippen LogP contribution in [0.15, 0.2) is 82.6 Å². The van der Waals surface area contributed by atoms with E-state index in [1.165, 1.54) is 24.3 Å². The Balaban J connectivity index is 2.02. The van der Waals surface area contributed by atoms with Crippen LogP contribution in [-0.2, 0) is 14.9 Å². The van der Waals surface area contributed by atoms with Crippen molar-refractivity contribution in [2.24, 2.45) is 0 Å². The van der Waals surface area contributed by atoms with Crippen molar-refractivity contribution in [1.82, 2.24) is 0 Å². The molecule has 115 valence electrons. The molecule has 0 aliphatic carbocycles. The average Bonchev–Trinajstić information content (AvgIpc) is 2.58. The summed E-state index contributed by atoms with van der Waals surface area (Å²) in [5.74, 6) is -0.159. The molecule has 0 saturated heterocycles. The van der Waals surface area contributed by atoms with Gasteiger partial charge in [0.1, 0.15) is 0 Å². The van der Waals surface area contributed by atoms with Crippen molar-refractivity contribution in [1.29, 1.82) is 0 Å². The largest absolute Gasteiger partial charge is 0.289 e. The summed E-state index contributed by atoms with van der Waals surface area (Å²) in [7, 11) is -3.56. The number of halogens is 1. The molecule has 0 aliphatic rings. The van der Waals surface area contributed by atoms with Crippen LogP contribution in [0.2, 0.25) is 5.02 Å². The van der Waals surface area contributed by atoms with E-state index in [0.29, 0.717) is 16.1 Å². The van der Waals surface area contributed by atoms with Crippen LogP contribution in [-0.4, -0.2) is 8.42 Å². The Morgan fingerprint density at radius 3 is 2.00 bits per heavy atom. The van der Waals surface area contributed by atoms with E-state index >= 15 is 0 Å². The molecule has 5 heteroatoms. The summed E-state index contributed by atoms with van der Waals surface area (Å²) in [5.41, 5.74) is 1.07. The lowest BCUT2D eigenvalue weighted by Gasteiger charge is -2.07. The minimum Gasteiger partial charge on any atom is -0.289 e. The smallest absolute Gasteiger partial charge is 0.206 e. The average molecular weight is 344 g/mol. The van der Waals surface area contributed by atoms with Crippen molar-refractivity contribution in [2.75, 3.05) is 0 Å². The fourth-order valence-electron chi connectivity index (χ4n) is 2.28. The predicted molar refractivity (Wildman–Crippen MR) is 88.9 cm³/mol. The standard InChI is InChI=1S/C18H12ClO3S/c19-14-8-11-18(20)17(12-14)13-6-9-16(10-7-13)23(21,22)15-4-2-1-3-5-15/h1-12H. The summed E-state index contributed by atoms with van der Waals surface area (Å²) < 4.78 is 25.0. The zero-order chi connectivity index (χ0) is 16.4. The molecule has 3 aromatic rings. The minimum absolute atomic E-state index is 0.159. The van der Waals surface area contributed by atoms with Gasteiger partial charge in [0.15, 0.2) is 5.75 Å². The molecule has 0 unspecified atom stereocenters. The lowest BCUT2D eigenvalue weighted by molar-refractivity contribution is 0.356. The molecule has 3 nitrogen and oxygen atoms in total. The van der Waals surface area contributed by atoms with Gasteiger partial charge in [-0.15, -0.1) is 0 Å². The summed E-state index contributed by atoms with van der Waals surface area (Å²) in [5, 5.41) is 12.4. The van der Waals surface area contributed by atoms with Crippen LogP contribution in [0.4, 0.5) is 0 Å². The van der Waals surface area contributed by atoms with Gasteiger partial charge in [0, 0.05) is 10.6 Å². The first-order valence-electron chi connectivity index (χ1n) is 6.85. The van der Waals surface area contributed by atoms with Gasteiger partial charge >= 0.3 is 0 Å². The van der Waals surface area contributed by atoms with Crippen molar-refractivity contribution in [3.05, 3.63) is 77.8 Å². The monoisotopic (exact) mass is 343 g/mol. The summed E-state index contributed by atoms with van der Waals surface area (Å²) >= 11 is 5.92. The number of hydrogen-bond acceptors (Lipinski definition) is 2. The molecule has 3 aromatic carbocycles. The Labute approximate surface area is 139 Å². The highest BCUT2D eigenvalue weighted by Crippen LogP contribution is 2.33. The molecular weight excluding hydrogens is 332 g/mol. The molecule has 0 N–H and O–H groups in total. The fourth-order valence-corrected chi connectivity index (χ4v) is 3.73. The summed E-state index contributed by atoms with van der Waals surface area (Å²) in [6, 6.07) is 18.9. The van der Waals surface area contributed by atoms with Crippen LogP contribution in [0.3, 0.4) is 0 Å². The summed E-state index contributed by atoms with van der Waals surface area (Å²) in [6.45, 7) is 0. The third-order valence-corrected chi connectivity index (χ3v) is 5.49. The van der Waals surface area contributed by atoms with Crippen molar-refractivity contribution in [3.63, 3.8) is 0 Å². The van der Waals surface area contributed by atoms with Gasteiger partial charge in [-0.25, -0.2) is 8.42 Å². The predicted octanol–water partition coefficient (Wildman–Crippen LogP) is 4.98. The molecule has 3 rings (SSSR count). The Morgan fingerprint density at radius 1 is 0.739 bits per heavy atom. The second kappa shape index (κ2) is 6.07. The van der Waals surface area contributed by atoms with Crippen molar-refractivity contribution in [2.45, 2.75) is 9.79 Å². The molecule has 0 aromatic heterocycles. The molecule has 0 spiro atoms. The Morgan fingerprint density at radius 2 is 1.35 bits per heavy atom. The van der Waals surface area contributed by atoms with Crippen LogP contribution in [0.5, 0.6) is 5.75 Å². The van der Waals surface area contributed by atoms with Gasteiger partial charge in [-0.2, -0.15) is 0 Å². The zero-order valence-electron chi connectivity index (χ0n) is 11.9. The first-order valence-corrected chi connectivity index (χ1v) is 8.72. The summed E-state index contributed by atoms with van der Waals surface area (Å²) in [6.07, 6.45) is 0. The maximum absolute atomic E-state index is 12.5. The Hall–Kier alpha value is -2.30. The van der Waals surface area contributed by atoms with E-state index in [1.54, 1.807) is 48.5 Å². The Kier molecular flexibility index (Phi) is 4.11. The molecule has 0 heterocycles. The third kappa shape index (κ3) is 3.09.